The fourth-order valence-corrected chi connectivity index (χ4v) is 3.48. The number of allylic oxidation sites excluding steroid dienone is 3. The number of fused-ring (bicyclic) bond motifs is 1. The number of nitrogens with zero attached hydrogens (tertiary/aromatic N) is 1. The zero-order chi connectivity index (χ0) is 24.5. The summed E-state index contributed by atoms with van der Waals surface area (Å²) in [5, 5.41) is 14.6. The number of hydrogen-bond donors (Lipinski definition) is 1. The van der Waals surface area contributed by atoms with Crippen LogP contribution in [-0.4, -0.2) is 29.4 Å². The fourth-order valence-electron chi connectivity index (χ4n) is 3.36. The van der Waals surface area contributed by atoms with E-state index in [2.05, 4.69) is 18.0 Å². The van der Waals surface area contributed by atoms with Gasteiger partial charge in [0.1, 0.15) is 23.8 Å². The number of rotatable bonds is 11. The van der Waals surface area contributed by atoms with Crippen LogP contribution < -0.4 is 9.47 Å². The van der Waals surface area contributed by atoms with Gasteiger partial charge < -0.3 is 19.1 Å². The van der Waals surface area contributed by atoms with Crippen molar-refractivity contribution >= 4 is 34.1 Å². The fraction of sp³-hybridized carbons (Fsp3) is 0.259. The third-order valence-electron chi connectivity index (χ3n) is 5.10. The third kappa shape index (κ3) is 6.43. The van der Waals surface area contributed by atoms with Crippen LogP contribution >= 0.6 is 11.6 Å². The number of aryl methyl sites for hydroxylation is 1. The molecule has 1 aromatic heterocycles. The molecule has 0 aliphatic heterocycles. The molecule has 0 radical (unpaired) electrons. The van der Waals surface area contributed by atoms with Crippen LogP contribution in [0.15, 0.2) is 58.6 Å². The van der Waals surface area contributed by atoms with Gasteiger partial charge in [0, 0.05) is 16.2 Å². The second kappa shape index (κ2) is 12.0. The molecule has 3 rings (SSSR count). The van der Waals surface area contributed by atoms with Crippen LogP contribution in [0.2, 0.25) is 5.02 Å². The van der Waals surface area contributed by atoms with Crippen LogP contribution in [0.1, 0.15) is 37.4 Å². The molecule has 0 amide bonds. The first-order valence-corrected chi connectivity index (χ1v) is 11.3. The maximum Gasteiger partial charge on any atom is 0.341 e. The first-order valence-electron chi connectivity index (χ1n) is 10.9. The van der Waals surface area contributed by atoms with Crippen molar-refractivity contribution in [3.05, 3.63) is 70.4 Å². The summed E-state index contributed by atoms with van der Waals surface area (Å²) >= 11 is 5.92. The Morgan fingerprint density at radius 2 is 2.03 bits per heavy atom. The molecule has 34 heavy (non-hydrogen) atoms. The van der Waals surface area contributed by atoms with Gasteiger partial charge in [-0.3, -0.25) is 0 Å². The molecule has 0 spiro atoms. The van der Waals surface area contributed by atoms with E-state index in [9.17, 15) is 4.79 Å². The van der Waals surface area contributed by atoms with E-state index in [-0.39, 0.29) is 0 Å². The number of halogens is 1. The Balaban J connectivity index is 1.96. The Labute approximate surface area is 203 Å². The van der Waals surface area contributed by atoms with Crippen LogP contribution in [0.4, 0.5) is 0 Å². The normalized spacial score (nSPS) is 11.9. The smallest absolute Gasteiger partial charge is 0.341 e. The van der Waals surface area contributed by atoms with Crippen molar-refractivity contribution in [3.8, 4) is 23.8 Å². The number of aliphatic carboxylic acids is 1. The number of unbranched alkanes of at least 4 members (excludes halogenated alkanes) is 1. The highest BCUT2D eigenvalue weighted by Crippen LogP contribution is 2.33. The molecule has 0 unspecified atom stereocenters. The number of aromatic nitrogens is 1. The molecule has 176 valence electrons. The van der Waals surface area contributed by atoms with Gasteiger partial charge >= 0.3 is 5.97 Å². The first-order chi connectivity index (χ1) is 16.4. The summed E-state index contributed by atoms with van der Waals surface area (Å²) in [6, 6.07) is 10.6. The van der Waals surface area contributed by atoms with Gasteiger partial charge in [-0.2, -0.15) is 0 Å². The number of ether oxygens (including phenoxy) is 2. The minimum atomic E-state index is -1.05. The van der Waals surface area contributed by atoms with Crippen LogP contribution in [0.3, 0.4) is 0 Å². The summed E-state index contributed by atoms with van der Waals surface area (Å²) in [5.74, 6) is 2.90. The van der Waals surface area contributed by atoms with E-state index in [4.69, 9.17) is 37.1 Å². The van der Waals surface area contributed by atoms with Crippen LogP contribution in [0, 0.1) is 19.3 Å². The van der Waals surface area contributed by atoms with E-state index in [1.807, 2.05) is 19.1 Å². The highest BCUT2D eigenvalue weighted by Gasteiger charge is 2.17. The van der Waals surface area contributed by atoms with Crippen molar-refractivity contribution < 1.29 is 23.9 Å². The van der Waals surface area contributed by atoms with E-state index in [0.717, 1.165) is 29.6 Å². The molecule has 0 aliphatic carbocycles. The highest BCUT2D eigenvalue weighted by atomic mass is 35.5. The lowest BCUT2D eigenvalue weighted by Crippen LogP contribution is -2.10. The lowest BCUT2D eigenvalue weighted by Gasteiger charge is -2.09. The van der Waals surface area contributed by atoms with Crippen molar-refractivity contribution in [2.75, 3.05) is 13.2 Å². The van der Waals surface area contributed by atoms with Crippen molar-refractivity contribution in [1.82, 2.24) is 5.16 Å². The minimum Gasteiger partial charge on any atom is -0.490 e. The average molecular weight is 480 g/mol. The zero-order valence-corrected chi connectivity index (χ0v) is 19.9. The van der Waals surface area contributed by atoms with Gasteiger partial charge in [-0.1, -0.05) is 42.1 Å². The predicted molar refractivity (Wildman–Crippen MR) is 133 cm³/mol. The summed E-state index contributed by atoms with van der Waals surface area (Å²) < 4.78 is 16.8. The Morgan fingerprint density at radius 1 is 1.26 bits per heavy atom. The van der Waals surface area contributed by atoms with E-state index in [1.54, 1.807) is 36.4 Å². The van der Waals surface area contributed by atoms with Crippen molar-refractivity contribution in [1.29, 1.82) is 0 Å². The van der Waals surface area contributed by atoms with Crippen LogP contribution in [0.25, 0.3) is 16.5 Å². The molecule has 6 nitrogen and oxygen atoms in total. The van der Waals surface area contributed by atoms with Crippen LogP contribution in [0.5, 0.6) is 11.5 Å². The number of benzene rings is 2. The van der Waals surface area contributed by atoms with Gasteiger partial charge in [0.05, 0.1) is 5.39 Å². The highest BCUT2D eigenvalue weighted by molar-refractivity contribution is 6.30. The van der Waals surface area contributed by atoms with E-state index in [0.29, 0.717) is 46.2 Å². The summed E-state index contributed by atoms with van der Waals surface area (Å²) in [6.07, 6.45) is 12.3. The van der Waals surface area contributed by atoms with Crippen molar-refractivity contribution in [3.63, 3.8) is 0 Å². The average Bonchev–Trinajstić information content (AvgIpc) is 3.22. The van der Waals surface area contributed by atoms with Crippen LogP contribution in [-0.2, 0) is 4.79 Å². The number of carboxylic acids is 1. The quantitative estimate of drug-likeness (QED) is 0.251. The minimum absolute atomic E-state index is 0.318. The second-order valence-electron chi connectivity index (χ2n) is 7.63. The van der Waals surface area contributed by atoms with Gasteiger partial charge in [0.2, 0.25) is 0 Å². The van der Waals surface area contributed by atoms with Gasteiger partial charge in [0.25, 0.3) is 0 Å². The van der Waals surface area contributed by atoms with E-state index < -0.39 is 12.6 Å². The summed E-state index contributed by atoms with van der Waals surface area (Å²) in [6.45, 7) is 3.80. The lowest BCUT2D eigenvalue weighted by atomic mass is 9.97. The second-order valence-corrected chi connectivity index (χ2v) is 8.07. The lowest BCUT2D eigenvalue weighted by molar-refractivity contribution is -0.139. The molecule has 0 saturated carbocycles. The van der Waals surface area contributed by atoms with E-state index >= 15 is 0 Å². The number of terminal acetylenes is 1. The Kier molecular flexibility index (Phi) is 8.78. The van der Waals surface area contributed by atoms with E-state index in [1.165, 1.54) is 0 Å². The molecule has 7 heteroatoms. The SMILES string of the molecule is C#C/C(CCCC)=C(\C=C/COc1ccc(Cl)cc1)c1noc2cc(C)c(OCC(=O)O)cc12. The van der Waals surface area contributed by atoms with Crippen molar-refractivity contribution in [2.45, 2.75) is 33.1 Å². The standard InChI is InChI=1S/C27H26ClNO5/c1-4-6-8-19(5-2)22(9-7-14-32-21-12-10-20(28)11-13-21)27-23-16-24(33-17-26(30)31)18(3)15-25(23)34-29-27/h2,7,9-13,15-16H,4,6,8,14,17H2,1,3H3,(H,30,31)/b9-7-,22-19-. The number of hydrogen-bond acceptors (Lipinski definition) is 5. The molecular formula is C27H26ClNO5. The zero-order valence-electron chi connectivity index (χ0n) is 19.1. The largest absolute Gasteiger partial charge is 0.490 e. The summed E-state index contributed by atoms with van der Waals surface area (Å²) in [4.78, 5) is 11.0. The maximum absolute atomic E-state index is 11.0. The van der Waals surface area contributed by atoms with Gasteiger partial charge in [-0.15, -0.1) is 6.42 Å². The Morgan fingerprint density at radius 3 is 2.71 bits per heavy atom. The Hall–Kier alpha value is -3.69. The molecule has 0 aliphatic rings. The van der Waals surface area contributed by atoms with Crippen molar-refractivity contribution in [2.24, 2.45) is 0 Å². The molecule has 1 heterocycles. The predicted octanol–water partition coefficient (Wildman–Crippen LogP) is 6.47. The molecule has 1 N–H and O–H groups in total. The number of carbonyl (C=O) groups is 1. The van der Waals surface area contributed by atoms with Gasteiger partial charge in [-0.25, -0.2) is 4.79 Å². The molecule has 0 bridgehead atoms. The molecule has 0 atom stereocenters. The van der Waals surface area contributed by atoms with Gasteiger partial charge in [0.15, 0.2) is 12.2 Å². The topological polar surface area (TPSA) is 81.8 Å². The third-order valence-corrected chi connectivity index (χ3v) is 5.35. The summed E-state index contributed by atoms with van der Waals surface area (Å²) in [7, 11) is 0. The maximum atomic E-state index is 11.0. The monoisotopic (exact) mass is 479 g/mol. The molecule has 0 saturated heterocycles. The molecule has 2 aromatic carbocycles. The Bertz CT molecular complexity index is 1250. The molecular weight excluding hydrogens is 454 g/mol. The summed E-state index contributed by atoms with van der Waals surface area (Å²) in [5.41, 5.74) is 3.43. The molecule has 3 aromatic rings. The molecule has 0 fully saturated rings. The van der Waals surface area contributed by atoms with Gasteiger partial charge in [-0.05, 0) is 67.8 Å². The first kappa shape index (κ1) is 24.9. The number of carboxylic acid groups (broad SMARTS) is 1.